The lowest BCUT2D eigenvalue weighted by Crippen LogP contribution is -2.44. The van der Waals surface area contributed by atoms with E-state index in [1.165, 1.54) is 24.8 Å². The normalized spacial score (nSPS) is 38.0. The molecule has 0 aromatic heterocycles. The number of hydrogen-bond acceptors (Lipinski definition) is 2. The Labute approximate surface area is 109 Å². The van der Waals surface area contributed by atoms with Gasteiger partial charge in [0, 0.05) is 6.04 Å². The molecule has 2 fully saturated rings. The third-order valence-electron chi connectivity index (χ3n) is 4.01. The van der Waals surface area contributed by atoms with Crippen LogP contribution in [-0.4, -0.2) is 17.8 Å². The summed E-state index contributed by atoms with van der Waals surface area (Å²) in [6.45, 7) is 0. The van der Waals surface area contributed by atoms with E-state index in [4.69, 9.17) is 15.8 Å². The Bertz CT molecular complexity index is 402. The van der Waals surface area contributed by atoms with Gasteiger partial charge in [-0.2, -0.15) is 0 Å². The average molecular weight is 270 g/mol. The standard InChI is InChI=1S/C13H17ClNOP/c1-15-12-9-5-6-10-13(12,16-17(15)14)11-7-3-2-4-8-11/h2-4,7-8,12H,5-6,9-10H2,1H3/t12-,13+,17?/m0/s1. The molecule has 0 N–H and O–H groups in total. The molecule has 2 aliphatic rings. The maximum absolute atomic E-state index is 6.35. The van der Waals surface area contributed by atoms with Crippen molar-refractivity contribution >= 4 is 18.9 Å². The molecule has 3 atom stereocenters. The molecular formula is C13H17ClNOP. The maximum atomic E-state index is 6.35. The second-order valence-corrected chi connectivity index (χ2v) is 7.04. The van der Waals surface area contributed by atoms with Gasteiger partial charge in [0.05, 0.1) is 0 Å². The van der Waals surface area contributed by atoms with Crippen molar-refractivity contribution in [2.75, 3.05) is 7.05 Å². The average Bonchev–Trinajstić information content (AvgIpc) is 2.64. The molecule has 1 saturated carbocycles. The van der Waals surface area contributed by atoms with Crippen molar-refractivity contribution in [3.8, 4) is 0 Å². The van der Waals surface area contributed by atoms with Crippen molar-refractivity contribution in [1.82, 2.24) is 4.67 Å². The number of rotatable bonds is 1. The second-order valence-electron chi connectivity index (χ2n) is 4.91. The van der Waals surface area contributed by atoms with Gasteiger partial charge >= 0.3 is 0 Å². The minimum atomic E-state index is -0.943. The number of hydrogen-bond donors (Lipinski definition) is 0. The van der Waals surface area contributed by atoms with Crippen LogP contribution in [0.1, 0.15) is 31.2 Å². The van der Waals surface area contributed by atoms with E-state index in [1.54, 1.807) is 0 Å². The van der Waals surface area contributed by atoms with Crippen molar-refractivity contribution in [1.29, 1.82) is 0 Å². The third kappa shape index (κ3) is 1.82. The van der Waals surface area contributed by atoms with E-state index in [2.05, 4.69) is 42.0 Å². The Kier molecular flexibility index (Phi) is 3.16. The van der Waals surface area contributed by atoms with E-state index in [-0.39, 0.29) is 5.60 Å². The summed E-state index contributed by atoms with van der Waals surface area (Å²) in [5.41, 5.74) is 1.14. The van der Waals surface area contributed by atoms with Gasteiger partial charge in [-0.3, -0.25) is 0 Å². The zero-order chi connectivity index (χ0) is 11.9. The zero-order valence-electron chi connectivity index (χ0n) is 9.97. The molecule has 1 heterocycles. The molecule has 0 bridgehead atoms. The van der Waals surface area contributed by atoms with Crippen molar-refractivity contribution in [2.24, 2.45) is 0 Å². The molecule has 1 aromatic rings. The topological polar surface area (TPSA) is 12.5 Å². The van der Waals surface area contributed by atoms with Crippen LogP contribution in [0, 0.1) is 0 Å². The largest absolute Gasteiger partial charge is 0.318 e. The molecule has 17 heavy (non-hydrogen) atoms. The van der Waals surface area contributed by atoms with Crippen molar-refractivity contribution in [2.45, 2.75) is 37.3 Å². The second kappa shape index (κ2) is 4.51. The number of halogens is 1. The maximum Gasteiger partial charge on any atom is 0.207 e. The summed E-state index contributed by atoms with van der Waals surface area (Å²) in [6.07, 6.45) is 4.81. The van der Waals surface area contributed by atoms with Crippen LogP contribution in [0.3, 0.4) is 0 Å². The predicted molar refractivity (Wildman–Crippen MR) is 72.0 cm³/mol. The number of fused-ring (bicyclic) bond motifs is 1. The molecule has 1 aliphatic carbocycles. The van der Waals surface area contributed by atoms with E-state index in [0.717, 1.165) is 6.42 Å². The molecule has 92 valence electrons. The van der Waals surface area contributed by atoms with Crippen LogP contribution >= 0.6 is 18.9 Å². The first-order valence-corrected chi connectivity index (χ1v) is 8.29. The van der Waals surface area contributed by atoms with Gasteiger partial charge in [0.15, 0.2) is 0 Å². The van der Waals surface area contributed by atoms with Gasteiger partial charge in [-0.05, 0) is 36.7 Å². The smallest absolute Gasteiger partial charge is 0.207 e. The van der Waals surface area contributed by atoms with Gasteiger partial charge in [-0.25, -0.2) is 4.67 Å². The lowest BCUT2D eigenvalue weighted by Gasteiger charge is -2.39. The monoisotopic (exact) mass is 269 g/mol. The fourth-order valence-corrected chi connectivity index (χ4v) is 5.06. The number of benzene rings is 1. The summed E-state index contributed by atoms with van der Waals surface area (Å²) >= 11 is 6.35. The van der Waals surface area contributed by atoms with E-state index in [0.29, 0.717) is 6.04 Å². The summed E-state index contributed by atoms with van der Waals surface area (Å²) < 4.78 is 8.45. The van der Waals surface area contributed by atoms with Crippen molar-refractivity contribution < 1.29 is 4.52 Å². The molecular weight excluding hydrogens is 253 g/mol. The first kappa shape index (κ1) is 11.9. The Hall–Kier alpha value is -0.140. The molecule has 1 unspecified atom stereocenters. The molecule has 1 saturated heterocycles. The fourth-order valence-electron chi connectivity index (χ4n) is 3.14. The summed E-state index contributed by atoms with van der Waals surface area (Å²) in [6, 6.07) is 11.0. The lowest BCUT2D eigenvalue weighted by molar-refractivity contribution is 0.0262. The van der Waals surface area contributed by atoms with Crippen LogP contribution in [-0.2, 0) is 10.1 Å². The van der Waals surface area contributed by atoms with E-state index in [9.17, 15) is 0 Å². The Morgan fingerprint density at radius 1 is 1.35 bits per heavy atom. The van der Waals surface area contributed by atoms with Crippen LogP contribution in [0.25, 0.3) is 0 Å². The Morgan fingerprint density at radius 3 is 2.88 bits per heavy atom. The van der Waals surface area contributed by atoms with Gasteiger partial charge in [-0.15, -0.1) is 0 Å². The predicted octanol–water partition coefficient (Wildman–Crippen LogP) is 4.25. The molecule has 1 aliphatic heterocycles. The highest BCUT2D eigenvalue weighted by atomic mass is 35.7. The van der Waals surface area contributed by atoms with Crippen molar-refractivity contribution in [3.05, 3.63) is 35.9 Å². The van der Waals surface area contributed by atoms with Crippen LogP contribution in [0.15, 0.2) is 30.3 Å². The molecule has 1 aromatic carbocycles. The summed E-state index contributed by atoms with van der Waals surface area (Å²) in [4.78, 5) is 0. The van der Waals surface area contributed by atoms with Crippen LogP contribution in [0.2, 0.25) is 0 Å². The molecule has 2 nitrogen and oxygen atoms in total. The van der Waals surface area contributed by atoms with Gasteiger partial charge in [0.1, 0.15) is 5.60 Å². The molecule has 0 radical (unpaired) electrons. The van der Waals surface area contributed by atoms with Crippen LogP contribution < -0.4 is 0 Å². The minimum Gasteiger partial charge on any atom is -0.318 e. The summed E-state index contributed by atoms with van der Waals surface area (Å²) in [5, 5.41) is 0. The summed E-state index contributed by atoms with van der Waals surface area (Å²) in [5.74, 6) is 0. The third-order valence-corrected chi connectivity index (χ3v) is 6.19. The molecule has 3 rings (SSSR count). The first-order valence-electron chi connectivity index (χ1n) is 6.17. The van der Waals surface area contributed by atoms with Crippen LogP contribution in [0.5, 0.6) is 0 Å². The molecule has 0 amide bonds. The first-order chi connectivity index (χ1) is 8.24. The van der Waals surface area contributed by atoms with Crippen LogP contribution in [0.4, 0.5) is 0 Å². The van der Waals surface area contributed by atoms with Gasteiger partial charge in [0.25, 0.3) is 0 Å². The van der Waals surface area contributed by atoms with Gasteiger partial charge < -0.3 is 4.52 Å². The fraction of sp³-hybridized carbons (Fsp3) is 0.538. The summed E-state index contributed by atoms with van der Waals surface area (Å²) in [7, 11) is 1.15. The SMILES string of the molecule is CN1[C@H]2CCCC[C@]2(c2ccccc2)OP1Cl. The highest BCUT2D eigenvalue weighted by Crippen LogP contribution is 2.64. The van der Waals surface area contributed by atoms with Gasteiger partial charge in [-0.1, -0.05) is 43.2 Å². The Morgan fingerprint density at radius 2 is 2.12 bits per heavy atom. The minimum absolute atomic E-state index is 0.151. The lowest BCUT2D eigenvalue weighted by atomic mass is 9.76. The number of nitrogens with zero attached hydrogens (tertiary/aromatic N) is 1. The highest BCUT2D eigenvalue weighted by molar-refractivity contribution is 7.78. The molecule has 4 heteroatoms. The Balaban J connectivity index is 2.03. The molecule has 0 spiro atoms. The van der Waals surface area contributed by atoms with E-state index < -0.39 is 7.65 Å². The van der Waals surface area contributed by atoms with Crippen molar-refractivity contribution in [3.63, 3.8) is 0 Å². The highest BCUT2D eigenvalue weighted by Gasteiger charge is 2.54. The number of likely N-dealkylation sites (N-methyl/N-ethyl adjacent to an activating group) is 1. The van der Waals surface area contributed by atoms with E-state index in [1.807, 2.05) is 0 Å². The quantitative estimate of drug-likeness (QED) is 0.707. The van der Waals surface area contributed by atoms with E-state index >= 15 is 0 Å². The van der Waals surface area contributed by atoms with Gasteiger partial charge in [0.2, 0.25) is 7.65 Å². The zero-order valence-corrected chi connectivity index (χ0v) is 11.6.